The van der Waals surface area contributed by atoms with Gasteiger partial charge < -0.3 is 21.7 Å². The van der Waals surface area contributed by atoms with Crippen LogP contribution in [0.1, 0.15) is 64.7 Å². The smallest absolute Gasteiger partial charge is 0.0911 e. The molecule has 0 aromatic rings. The van der Waals surface area contributed by atoms with E-state index in [-0.39, 0.29) is 29.6 Å². The summed E-state index contributed by atoms with van der Waals surface area (Å²) in [6.07, 6.45) is 10.8. The van der Waals surface area contributed by atoms with E-state index in [1.807, 2.05) is 0 Å². The molecule has 0 aromatic carbocycles. The van der Waals surface area contributed by atoms with Crippen LogP contribution in [0.2, 0.25) is 0 Å². The number of allylic oxidation sites excluding steroid dienone is 2. The number of rotatable bonds is 1. The lowest BCUT2D eigenvalue weighted by Crippen LogP contribution is -2.65. The predicted octanol–water partition coefficient (Wildman–Crippen LogP) is 2.29. The van der Waals surface area contributed by atoms with Crippen molar-refractivity contribution >= 4 is 0 Å². The molecule has 2 unspecified atom stereocenters. The number of aliphatic hydroxyl groups excluding tert-OH is 2. The monoisotopic (exact) mass is 371 g/mol. The zero-order valence-electron chi connectivity index (χ0n) is 16.4. The van der Waals surface area contributed by atoms with Crippen LogP contribution >= 0.6 is 0 Å². The molecule has 0 saturated heterocycles. The van der Waals surface area contributed by atoms with Gasteiger partial charge >= 0.3 is 0 Å². The lowest BCUT2D eigenvalue weighted by Gasteiger charge is -2.58. The maximum atomic E-state index is 10.5. The van der Waals surface area contributed by atoms with Gasteiger partial charge in [0.25, 0.3) is 0 Å². The fraction of sp³-hybridized carbons (Fsp3) is 0.773. The van der Waals surface area contributed by atoms with Crippen molar-refractivity contribution in [2.45, 2.75) is 81.9 Å². The second-order valence-corrected chi connectivity index (χ2v) is 9.83. The first-order valence-corrected chi connectivity index (χ1v) is 10.4. The third-order valence-electron chi connectivity index (χ3n) is 9.05. The van der Waals surface area contributed by atoms with Crippen LogP contribution < -0.4 is 11.5 Å². The highest BCUT2D eigenvalue weighted by molar-refractivity contribution is 5.37. The molecular formula is C22H33N3O2. The molecule has 0 bridgehead atoms. The summed E-state index contributed by atoms with van der Waals surface area (Å²) in [6, 6.07) is 2.22. The highest BCUT2D eigenvalue weighted by Crippen LogP contribution is 2.64. The van der Waals surface area contributed by atoms with Gasteiger partial charge in [-0.1, -0.05) is 24.1 Å². The fourth-order valence-corrected chi connectivity index (χ4v) is 7.03. The first-order chi connectivity index (χ1) is 12.7. The number of nitriles is 1. The highest BCUT2D eigenvalue weighted by atomic mass is 16.3. The molecular weight excluding hydrogens is 338 g/mol. The zero-order chi connectivity index (χ0) is 19.5. The SMILES string of the molecule is C[C@]12CC[C@@]3(N)C(CC=C4C[C@@H](O)CCC43CO)C[C@]1(N)CC/C2=C/C#N. The second kappa shape index (κ2) is 6.15. The Morgan fingerprint density at radius 1 is 1.30 bits per heavy atom. The molecule has 148 valence electrons. The van der Waals surface area contributed by atoms with Gasteiger partial charge in [0, 0.05) is 28.0 Å². The lowest BCUT2D eigenvalue weighted by atomic mass is 9.50. The average Bonchev–Trinajstić information content (AvgIpc) is 2.83. The van der Waals surface area contributed by atoms with E-state index in [1.54, 1.807) is 6.08 Å². The molecule has 0 spiro atoms. The predicted molar refractivity (Wildman–Crippen MR) is 104 cm³/mol. The number of nitrogens with two attached hydrogens (primary N) is 2. The lowest BCUT2D eigenvalue weighted by molar-refractivity contribution is -0.0253. The quantitative estimate of drug-likeness (QED) is 0.417. The van der Waals surface area contributed by atoms with Crippen molar-refractivity contribution in [3.05, 3.63) is 23.3 Å². The minimum atomic E-state index is -0.510. The third kappa shape index (κ3) is 2.37. The molecule has 3 fully saturated rings. The van der Waals surface area contributed by atoms with Gasteiger partial charge in [-0.25, -0.2) is 0 Å². The van der Waals surface area contributed by atoms with E-state index in [9.17, 15) is 15.5 Å². The van der Waals surface area contributed by atoms with Gasteiger partial charge in [-0.05, 0) is 63.7 Å². The van der Waals surface area contributed by atoms with Gasteiger partial charge in [0.05, 0.1) is 18.8 Å². The minimum absolute atomic E-state index is 0.0354. The van der Waals surface area contributed by atoms with Gasteiger partial charge in [0.1, 0.15) is 0 Å². The number of hydrogen-bond donors (Lipinski definition) is 4. The van der Waals surface area contributed by atoms with Crippen LogP contribution in [0, 0.1) is 28.1 Å². The molecule has 27 heavy (non-hydrogen) atoms. The van der Waals surface area contributed by atoms with Crippen molar-refractivity contribution in [1.82, 2.24) is 0 Å². The Labute approximate surface area is 162 Å². The fourth-order valence-electron chi connectivity index (χ4n) is 7.03. The first kappa shape index (κ1) is 19.1. The summed E-state index contributed by atoms with van der Waals surface area (Å²) in [6.45, 7) is 2.25. The molecule has 4 rings (SSSR count). The normalized spacial score (nSPS) is 50.8. The number of aliphatic hydroxyl groups is 2. The largest absolute Gasteiger partial charge is 0.395 e. The molecule has 6 N–H and O–H groups in total. The Hall–Kier alpha value is -1.19. The molecule has 0 heterocycles. The number of hydrogen-bond acceptors (Lipinski definition) is 5. The van der Waals surface area contributed by atoms with Crippen LogP contribution in [-0.4, -0.2) is 34.0 Å². The average molecular weight is 372 g/mol. The van der Waals surface area contributed by atoms with Crippen molar-refractivity contribution in [3.63, 3.8) is 0 Å². The Kier molecular flexibility index (Phi) is 4.36. The Bertz CT molecular complexity index is 740. The number of fused-ring (bicyclic) bond motifs is 4. The summed E-state index contributed by atoms with van der Waals surface area (Å²) in [7, 11) is 0. The summed E-state index contributed by atoms with van der Waals surface area (Å²) in [5, 5.41) is 30.0. The van der Waals surface area contributed by atoms with E-state index in [0.29, 0.717) is 12.8 Å². The first-order valence-electron chi connectivity index (χ1n) is 10.4. The van der Waals surface area contributed by atoms with E-state index in [4.69, 9.17) is 11.5 Å². The van der Waals surface area contributed by atoms with Crippen molar-refractivity contribution in [2.75, 3.05) is 6.61 Å². The molecule has 0 aliphatic heterocycles. The summed E-state index contributed by atoms with van der Waals surface area (Å²) in [5.74, 6) is 0.219. The van der Waals surface area contributed by atoms with E-state index in [0.717, 1.165) is 50.5 Å². The van der Waals surface area contributed by atoms with Crippen molar-refractivity contribution < 1.29 is 10.2 Å². The van der Waals surface area contributed by atoms with Crippen LogP contribution in [0.15, 0.2) is 23.3 Å². The van der Waals surface area contributed by atoms with E-state index < -0.39 is 11.0 Å². The van der Waals surface area contributed by atoms with Crippen LogP contribution in [0.3, 0.4) is 0 Å². The molecule has 0 aromatic heterocycles. The van der Waals surface area contributed by atoms with Gasteiger partial charge in [0.2, 0.25) is 0 Å². The maximum Gasteiger partial charge on any atom is 0.0911 e. The molecule has 5 heteroatoms. The number of nitrogens with zero attached hydrogens (tertiary/aromatic N) is 1. The third-order valence-corrected chi connectivity index (χ3v) is 9.05. The Balaban J connectivity index is 1.78. The zero-order valence-corrected chi connectivity index (χ0v) is 16.4. The topological polar surface area (TPSA) is 116 Å². The molecule has 4 aliphatic carbocycles. The van der Waals surface area contributed by atoms with Gasteiger partial charge in [0.15, 0.2) is 0 Å². The molecule has 5 nitrogen and oxygen atoms in total. The summed E-state index contributed by atoms with van der Waals surface area (Å²) < 4.78 is 0. The maximum absolute atomic E-state index is 10.5. The molecule has 0 amide bonds. The van der Waals surface area contributed by atoms with E-state index in [1.165, 1.54) is 5.57 Å². The summed E-state index contributed by atoms with van der Waals surface area (Å²) >= 11 is 0. The van der Waals surface area contributed by atoms with Crippen molar-refractivity contribution in [2.24, 2.45) is 28.2 Å². The molecule has 4 aliphatic rings. The molecule has 0 radical (unpaired) electrons. The van der Waals surface area contributed by atoms with Crippen molar-refractivity contribution in [3.8, 4) is 6.07 Å². The molecule has 6 atom stereocenters. The Morgan fingerprint density at radius 3 is 2.78 bits per heavy atom. The van der Waals surface area contributed by atoms with Crippen LogP contribution in [0.25, 0.3) is 0 Å². The standard InChI is InChI=1S/C22H33N3O2/c1-19-9-10-22(25)17(13-21(19,24)8-4-15(19)6-11-23)3-2-16-12-18(27)5-7-20(16,22)14-26/h2,6,17-18,26-27H,3-5,7-10,12-14,24-25H2,1H3/b15-6-/t17?,18-,19+,20?,21+,22+/m0/s1. The van der Waals surface area contributed by atoms with Gasteiger partial charge in [-0.3, -0.25) is 0 Å². The van der Waals surface area contributed by atoms with Gasteiger partial charge in [-0.15, -0.1) is 0 Å². The van der Waals surface area contributed by atoms with Crippen LogP contribution in [-0.2, 0) is 0 Å². The Morgan fingerprint density at radius 2 is 2.07 bits per heavy atom. The van der Waals surface area contributed by atoms with E-state index >= 15 is 0 Å². The van der Waals surface area contributed by atoms with Crippen molar-refractivity contribution in [1.29, 1.82) is 5.26 Å². The highest BCUT2D eigenvalue weighted by Gasteiger charge is 2.64. The second-order valence-electron chi connectivity index (χ2n) is 9.83. The van der Waals surface area contributed by atoms with E-state index in [2.05, 4.69) is 19.1 Å². The van der Waals surface area contributed by atoms with Gasteiger partial charge in [-0.2, -0.15) is 5.26 Å². The summed E-state index contributed by atoms with van der Waals surface area (Å²) in [5.41, 5.74) is 15.1. The minimum Gasteiger partial charge on any atom is -0.395 e. The van der Waals surface area contributed by atoms with Crippen LogP contribution in [0.4, 0.5) is 0 Å². The van der Waals surface area contributed by atoms with Crippen LogP contribution in [0.5, 0.6) is 0 Å². The molecule has 3 saturated carbocycles. The summed E-state index contributed by atoms with van der Waals surface area (Å²) in [4.78, 5) is 0.